The van der Waals surface area contributed by atoms with Gasteiger partial charge in [0.1, 0.15) is 5.69 Å². The maximum Gasteiger partial charge on any atom is 0.267 e. The molecule has 0 aliphatic rings. The second kappa shape index (κ2) is 31.7. The molecule has 0 unspecified atom stereocenters. The number of para-hydroxylation sites is 4. The lowest BCUT2D eigenvalue weighted by Crippen LogP contribution is -2.15. The SMILES string of the molecule is CN(C)Cc1ccc2cccc(NS(=O)(=O)c3cccc(Cl)c3)c2n1.CN(C)Cc1ccc2cccc(NS(=O)(=O)c3ccsc3)c2n1.Cc1cccc(S(=O)(=O)Nc2cccc3ccc(CN(C)C)nc23)c1.Cc1noc(C)c1S(=O)(=O)Nc1cccc2ccc(CN(C)C)nc12. The van der Waals surface area contributed by atoms with E-state index < -0.39 is 40.1 Å². The van der Waals surface area contributed by atoms with Gasteiger partial charge >= 0.3 is 0 Å². The summed E-state index contributed by atoms with van der Waals surface area (Å²) in [5.74, 6) is 0.256. The molecule has 22 nitrogen and oxygen atoms in total. The third-order valence-corrected chi connectivity index (χ3v) is 21.2. The Morgan fingerprint density at radius 2 is 0.735 bits per heavy atom. The third-order valence-electron chi connectivity index (χ3n) is 14.5. The van der Waals surface area contributed by atoms with Gasteiger partial charge in [0.25, 0.3) is 40.1 Å². The molecule has 0 amide bonds. The summed E-state index contributed by atoms with van der Waals surface area (Å²) in [6, 6.07) is 51.9. The van der Waals surface area contributed by atoms with Crippen LogP contribution in [0.4, 0.5) is 22.7 Å². The zero-order chi connectivity index (χ0) is 70.7. The molecule has 12 aromatic rings. The van der Waals surface area contributed by atoms with Crippen molar-refractivity contribution in [2.24, 2.45) is 0 Å². The first-order valence-electron chi connectivity index (χ1n) is 30.5. The molecule has 6 heterocycles. The Labute approximate surface area is 581 Å². The van der Waals surface area contributed by atoms with E-state index in [0.717, 1.165) is 49.9 Å². The monoisotopic (exact) mass is 1440 g/mol. The Hall–Kier alpha value is -9.00. The van der Waals surface area contributed by atoms with E-state index in [1.54, 1.807) is 97.4 Å². The first-order valence-corrected chi connectivity index (χ1v) is 37.7. The topological polar surface area (TPSA) is 275 Å². The van der Waals surface area contributed by atoms with Gasteiger partial charge in [0.15, 0.2) is 10.7 Å². The summed E-state index contributed by atoms with van der Waals surface area (Å²) in [4.78, 5) is 27.2. The van der Waals surface area contributed by atoms with Crippen molar-refractivity contribution in [3.63, 3.8) is 0 Å². The standard InChI is InChI=1S/C19H21N3O2S.C18H18ClN3O2S.C17H20N4O3S.C16H17N3O2S2/c1-14-6-4-8-17(12-14)25(23,24)21-18-9-5-7-15-10-11-16(13-22(2)3)20-19(15)18;1-22(2)12-15-10-9-13-5-3-8-17(18(13)20-15)21-25(23,24)16-7-4-6-14(19)11-16;1-11-17(12(2)24-19-11)25(22,23)20-15-7-5-6-13-8-9-14(10-21(3)4)18-16(13)15;1-19(2)10-13-7-6-12-4-3-5-15(16(12)17-13)18-23(20,21)14-8-9-22-11-14/h4-12,21H,13H2,1-3H3;3-11,21H,12H2,1-2H3;5-9,20H,10H2,1-4H3;3-9,11,18H,10H2,1-2H3. The molecule has 0 radical (unpaired) electrons. The highest BCUT2D eigenvalue weighted by Gasteiger charge is 2.26. The molecule has 0 aliphatic carbocycles. The predicted molar refractivity (Wildman–Crippen MR) is 393 cm³/mol. The van der Waals surface area contributed by atoms with Crippen molar-refractivity contribution in [2.75, 3.05) is 75.3 Å². The molecule has 6 aromatic carbocycles. The molecule has 12 rings (SSSR count). The smallest absolute Gasteiger partial charge is 0.267 e. The lowest BCUT2D eigenvalue weighted by atomic mass is 10.2. The highest BCUT2D eigenvalue weighted by atomic mass is 35.5. The number of rotatable bonds is 20. The number of sulfonamides is 4. The third kappa shape index (κ3) is 19.2. The molecule has 4 N–H and O–H groups in total. The normalized spacial score (nSPS) is 11.9. The van der Waals surface area contributed by atoms with Crippen LogP contribution in [0.25, 0.3) is 43.6 Å². The van der Waals surface area contributed by atoms with Crippen LogP contribution in [0.15, 0.2) is 211 Å². The number of aryl methyl sites for hydroxylation is 3. The van der Waals surface area contributed by atoms with Gasteiger partial charge in [-0.2, -0.15) is 11.3 Å². The van der Waals surface area contributed by atoms with E-state index in [1.807, 2.05) is 174 Å². The van der Waals surface area contributed by atoms with Gasteiger partial charge in [-0.15, -0.1) is 0 Å². The molecule has 0 saturated carbocycles. The van der Waals surface area contributed by atoms with Crippen molar-refractivity contribution in [1.82, 2.24) is 44.7 Å². The number of hydrogen-bond acceptors (Lipinski definition) is 19. The molecule has 6 aromatic heterocycles. The maximum absolute atomic E-state index is 12.8. The number of anilines is 4. The molecule has 0 bridgehead atoms. The molecular formula is C70H76ClN13O9S5. The van der Waals surface area contributed by atoms with Crippen LogP contribution in [0.1, 0.15) is 39.8 Å². The van der Waals surface area contributed by atoms with E-state index in [0.29, 0.717) is 81.7 Å². The Morgan fingerprint density at radius 1 is 0.398 bits per heavy atom. The predicted octanol–water partition coefficient (Wildman–Crippen LogP) is 13.0. The van der Waals surface area contributed by atoms with Crippen LogP contribution in [-0.4, -0.2) is 135 Å². The van der Waals surface area contributed by atoms with Gasteiger partial charge in [-0.05, 0) is 173 Å². The van der Waals surface area contributed by atoms with Crippen molar-refractivity contribution < 1.29 is 38.2 Å². The number of nitrogens with one attached hydrogen (secondary N) is 4. The first-order chi connectivity index (χ1) is 46.4. The zero-order valence-electron chi connectivity index (χ0n) is 55.8. The summed E-state index contributed by atoms with van der Waals surface area (Å²) in [6.45, 7) is 7.77. The van der Waals surface area contributed by atoms with Gasteiger partial charge in [0.2, 0.25) is 0 Å². The first kappa shape index (κ1) is 73.3. The quantitative estimate of drug-likeness (QED) is 0.0552. The lowest BCUT2D eigenvalue weighted by molar-refractivity contribution is 0.390. The summed E-state index contributed by atoms with van der Waals surface area (Å²) >= 11 is 7.26. The maximum atomic E-state index is 12.8. The number of hydrogen-bond donors (Lipinski definition) is 4. The van der Waals surface area contributed by atoms with E-state index in [-0.39, 0.29) is 25.3 Å². The fraction of sp³-hybridized carbons (Fsp3) is 0.214. The average Bonchev–Trinajstić information content (AvgIpc) is 1.20. The van der Waals surface area contributed by atoms with E-state index in [4.69, 9.17) is 16.1 Å². The summed E-state index contributed by atoms with van der Waals surface area (Å²) in [7, 11) is 0.894. The Morgan fingerprint density at radius 3 is 1.05 bits per heavy atom. The molecular weight excluding hydrogens is 1360 g/mol. The van der Waals surface area contributed by atoms with E-state index in [2.05, 4.69) is 44.0 Å². The molecule has 98 heavy (non-hydrogen) atoms. The van der Waals surface area contributed by atoms with Crippen LogP contribution in [0, 0.1) is 20.8 Å². The number of thiophene rings is 1. The van der Waals surface area contributed by atoms with Gasteiger partial charge in [0, 0.05) is 58.1 Å². The molecule has 0 fully saturated rings. The van der Waals surface area contributed by atoms with Crippen molar-refractivity contribution in [1.29, 1.82) is 0 Å². The van der Waals surface area contributed by atoms with Crippen molar-refractivity contribution in [2.45, 2.75) is 66.5 Å². The highest BCUT2D eigenvalue weighted by Crippen LogP contribution is 2.31. The van der Waals surface area contributed by atoms with Crippen molar-refractivity contribution >= 4 is 129 Å². The van der Waals surface area contributed by atoms with Crippen LogP contribution in [0.3, 0.4) is 0 Å². The summed E-state index contributed by atoms with van der Waals surface area (Å²) in [5, 5.41) is 11.0. The van der Waals surface area contributed by atoms with Gasteiger partial charge in [0.05, 0.1) is 82.3 Å². The highest BCUT2D eigenvalue weighted by molar-refractivity contribution is 7.93. The van der Waals surface area contributed by atoms with Crippen LogP contribution >= 0.6 is 22.9 Å². The minimum Gasteiger partial charge on any atom is -0.360 e. The second-order valence-electron chi connectivity index (χ2n) is 24.0. The largest absolute Gasteiger partial charge is 0.360 e. The van der Waals surface area contributed by atoms with Gasteiger partial charge in [-0.25, -0.2) is 53.6 Å². The zero-order valence-corrected chi connectivity index (χ0v) is 60.7. The number of benzene rings is 6. The Bertz CT molecular complexity index is 5110. The lowest BCUT2D eigenvalue weighted by Gasteiger charge is -2.13. The number of pyridine rings is 4. The van der Waals surface area contributed by atoms with Gasteiger partial charge in [-0.1, -0.05) is 108 Å². The van der Waals surface area contributed by atoms with Crippen LogP contribution in [0.2, 0.25) is 5.02 Å². The summed E-state index contributed by atoms with van der Waals surface area (Å²) in [6.07, 6.45) is 0. The molecule has 0 spiro atoms. The van der Waals surface area contributed by atoms with Gasteiger partial charge < -0.3 is 24.1 Å². The summed E-state index contributed by atoms with van der Waals surface area (Å²) < 4.78 is 117. The number of fused-ring (bicyclic) bond motifs is 4. The van der Waals surface area contributed by atoms with E-state index in [1.165, 1.54) is 23.5 Å². The number of halogens is 1. The van der Waals surface area contributed by atoms with Crippen molar-refractivity contribution in [3.05, 3.63) is 232 Å². The minimum absolute atomic E-state index is 0.0638. The molecule has 0 aliphatic heterocycles. The fourth-order valence-electron chi connectivity index (χ4n) is 10.2. The molecule has 0 saturated heterocycles. The van der Waals surface area contributed by atoms with E-state index >= 15 is 0 Å². The Balaban J connectivity index is 0.000000153. The molecule has 28 heteroatoms. The number of nitrogens with zero attached hydrogens (tertiary/aromatic N) is 9. The fourth-order valence-corrected chi connectivity index (χ4v) is 16.2. The second-order valence-corrected chi connectivity index (χ2v) is 31.9. The van der Waals surface area contributed by atoms with E-state index in [9.17, 15) is 33.7 Å². The Kier molecular flexibility index (Phi) is 23.7. The van der Waals surface area contributed by atoms with Crippen LogP contribution < -0.4 is 18.9 Å². The van der Waals surface area contributed by atoms with Crippen LogP contribution in [0.5, 0.6) is 0 Å². The van der Waals surface area contributed by atoms with Crippen molar-refractivity contribution in [3.8, 4) is 0 Å². The van der Waals surface area contributed by atoms with Gasteiger partial charge in [-0.3, -0.25) is 18.9 Å². The van der Waals surface area contributed by atoms with Crippen LogP contribution in [-0.2, 0) is 66.3 Å². The minimum atomic E-state index is -3.82. The number of aromatic nitrogens is 5. The summed E-state index contributed by atoms with van der Waals surface area (Å²) in [5.41, 5.74) is 9.12. The molecule has 512 valence electrons. The molecule has 0 atom stereocenters. The average molecular weight is 1440 g/mol.